The molecule has 2 heterocycles. The minimum absolute atomic E-state index is 0.0792. The van der Waals surface area contributed by atoms with Crippen LogP contribution in [0.2, 0.25) is 0 Å². The summed E-state index contributed by atoms with van der Waals surface area (Å²) in [7, 11) is 0. The second-order valence-electron chi connectivity index (χ2n) is 8.36. The van der Waals surface area contributed by atoms with Crippen molar-refractivity contribution in [2.75, 3.05) is 13.2 Å². The molecule has 1 N–H and O–H groups in total. The van der Waals surface area contributed by atoms with Gasteiger partial charge in [-0.3, -0.25) is 4.79 Å². The van der Waals surface area contributed by atoms with Crippen molar-refractivity contribution in [3.8, 4) is 0 Å². The number of hydrogen-bond acceptors (Lipinski definition) is 4. The Labute approximate surface area is 169 Å². The van der Waals surface area contributed by atoms with Gasteiger partial charge in [0.15, 0.2) is 0 Å². The monoisotopic (exact) mass is 439 g/mol. The first-order chi connectivity index (χ1) is 13.7. The zero-order valence-corrected chi connectivity index (χ0v) is 16.5. The molecule has 1 aromatic carbocycles. The first-order valence-corrected chi connectivity index (χ1v) is 9.59. The molecule has 30 heavy (non-hydrogen) atoms. The van der Waals surface area contributed by atoms with Crippen molar-refractivity contribution >= 4 is 5.97 Å². The largest absolute Gasteiger partial charge is 0.458 e. The lowest BCUT2D eigenvalue weighted by molar-refractivity contribution is -0.151. The Morgan fingerprint density at radius 1 is 1.07 bits per heavy atom. The van der Waals surface area contributed by atoms with E-state index in [1.807, 2.05) is 6.92 Å². The van der Waals surface area contributed by atoms with Crippen LogP contribution in [0.4, 0.5) is 26.3 Å². The number of hydrogen-bond donors (Lipinski definition) is 1. The molecule has 2 saturated heterocycles. The molecule has 0 amide bonds. The van der Waals surface area contributed by atoms with E-state index >= 15 is 0 Å². The highest BCUT2D eigenvalue weighted by atomic mass is 19.4. The molecule has 1 spiro atoms. The van der Waals surface area contributed by atoms with E-state index in [4.69, 9.17) is 9.47 Å². The van der Waals surface area contributed by atoms with Crippen molar-refractivity contribution in [3.05, 3.63) is 34.9 Å². The fourth-order valence-corrected chi connectivity index (χ4v) is 3.77. The maximum absolute atomic E-state index is 13.1. The third-order valence-electron chi connectivity index (χ3n) is 5.82. The topological polar surface area (TPSA) is 47.6 Å². The van der Waals surface area contributed by atoms with Gasteiger partial charge in [0.1, 0.15) is 5.60 Å². The highest BCUT2D eigenvalue weighted by molar-refractivity contribution is 5.72. The van der Waals surface area contributed by atoms with E-state index in [0.29, 0.717) is 44.4 Å². The van der Waals surface area contributed by atoms with E-state index in [-0.39, 0.29) is 24.2 Å². The second-order valence-corrected chi connectivity index (χ2v) is 8.36. The lowest BCUT2D eigenvalue weighted by Gasteiger charge is -2.43. The Morgan fingerprint density at radius 2 is 1.67 bits per heavy atom. The van der Waals surface area contributed by atoms with Crippen molar-refractivity contribution in [1.82, 2.24) is 5.32 Å². The molecule has 3 atom stereocenters. The maximum Gasteiger partial charge on any atom is 0.416 e. The third-order valence-corrected chi connectivity index (χ3v) is 5.82. The Hall–Kier alpha value is -1.81. The molecule has 0 aliphatic carbocycles. The van der Waals surface area contributed by atoms with Crippen molar-refractivity contribution in [3.63, 3.8) is 0 Å². The number of carbonyl (C=O) groups is 1. The predicted molar refractivity (Wildman–Crippen MR) is 94.5 cm³/mol. The normalized spacial score (nSPS) is 28.6. The number of piperidine rings is 1. The number of nitrogens with one attached hydrogen (secondary N) is 1. The van der Waals surface area contributed by atoms with Crippen LogP contribution in [0.25, 0.3) is 0 Å². The molecule has 4 nitrogen and oxygen atoms in total. The number of carbonyl (C=O) groups excluding carboxylic acids is 1. The molecule has 3 rings (SSSR count). The average Bonchev–Trinajstić information content (AvgIpc) is 3.02. The van der Waals surface area contributed by atoms with Gasteiger partial charge < -0.3 is 14.8 Å². The minimum Gasteiger partial charge on any atom is -0.458 e. The Morgan fingerprint density at radius 3 is 2.10 bits per heavy atom. The molecule has 2 fully saturated rings. The quantitative estimate of drug-likeness (QED) is 0.529. The summed E-state index contributed by atoms with van der Waals surface area (Å²) in [5.41, 5.74) is -4.00. The maximum atomic E-state index is 13.1. The fraction of sp³-hybridized carbons (Fsp3) is 0.650. The zero-order chi connectivity index (χ0) is 22.4. The molecule has 2 aliphatic heterocycles. The van der Waals surface area contributed by atoms with Gasteiger partial charge in [-0.25, -0.2) is 0 Å². The molecule has 0 saturated carbocycles. The number of rotatable bonds is 4. The fourth-order valence-electron chi connectivity index (χ4n) is 3.77. The highest BCUT2D eigenvalue weighted by Crippen LogP contribution is 2.39. The first-order valence-electron chi connectivity index (χ1n) is 9.59. The molecule has 168 valence electrons. The molecule has 0 radical (unpaired) electrons. The van der Waals surface area contributed by atoms with Gasteiger partial charge in [-0.2, -0.15) is 26.3 Å². The van der Waals surface area contributed by atoms with Gasteiger partial charge in [0, 0.05) is 18.5 Å². The van der Waals surface area contributed by atoms with Crippen molar-refractivity contribution < 1.29 is 40.6 Å². The second kappa shape index (κ2) is 7.71. The molecule has 10 heteroatoms. The van der Waals surface area contributed by atoms with Gasteiger partial charge in [0.25, 0.3) is 0 Å². The lowest BCUT2D eigenvalue weighted by Crippen LogP contribution is -2.58. The first kappa shape index (κ1) is 22.9. The molecule has 0 bridgehead atoms. The molecule has 2 aliphatic rings. The SMILES string of the molecule is C[C@@H](OC[C@@]1(C)CCC2(CCC(=O)O2)CN1)c1cc(C(F)(F)F)cc(C(F)(F)F)c1. The van der Waals surface area contributed by atoms with Crippen LogP contribution in [0.5, 0.6) is 0 Å². The van der Waals surface area contributed by atoms with Gasteiger partial charge in [-0.1, -0.05) is 0 Å². The summed E-state index contributed by atoms with van der Waals surface area (Å²) in [6.45, 7) is 3.78. The van der Waals surface area contributed by atoms with E-state index in [1.165, 1.54) is 6.92 Å². The van der Waals surface area contributed by atoms with Crippen LogP contribution < -0.4 is 5.32 Å². The number of esters is 1. The van der Waals surface area contributed by atoms with E-state index in [9.17, 15) is 31.1 Å². The van der Waals surface area contributed by atoms with Crippen LogP contribution in [-0.2, 0) is 26.6 Å². The van der Waals surface area contributed by atoms with E-state index in [0.717, 1.165) is 0 Å². The molecular formula is C20H23F6NO3. The summed E-state index contributed by atoms with van der Waals surface area (Å²) in [5.74, 6) is -0.240. The van der Waals surface area contributed by atoms with Gasteiger partial charge in [0.2, 0.25) is 0 Å². The van der Waals surface area contributed by atoms with Gasteiger partial charge >= 0.3 is 18.3 Å². The molecule has 1 aromatic rings. The van der Waals surface area contributed by atoms with Crippen LogP contribution in [0.1, 0.15) is 62.3 Å². The third kappa shape index (κ3) is 5.08. The van der Waals surface area contributed by atoms with Gasteiger partial charge in [-0.15, -0.1) is 0 Å². The van der Waals surface area contributed by atoms with E-state index in [2.05, 4.69) is 5.32 Å². The number of ether oxygens (including phenoxy) is 2. The van der Waals surface area contributed by atoms with Crippen molar-refractivity contribution in [2.45, 2.75) is 69.1 Å². The Bertz CT molecular complexity index is 764. The summed E-state index contributed by atoms with van der Waals surface area (Å²) >= 11 is 0. The molecule has 0 aromatic heterocycles. The highest BCUT2D eigenvalue weighted by Gasteiger charge is 2.46. The number of alkyl halides is 6. The molecule has 1 unspecified atom stereocenters. The van der Waals surface area contributed by atoms with E-state index < -0.39 is 40.7 Å². The van der Waals surface area contributed by atoms with E-state index in [1.54, 1.807) is 0 Å². The summed E-state index contributed by atoms with van der Waals surface area (Å²) in [5, 5.41) is 3.26. The van der Waals surface area contributed by atoms with Crippen LogP contribution in [-0.4, -0.2) is 30.3 Å². The molecular weight excluding hydrogens is 416 g/mol. The van der Waals surface area contributed by atoms with Crippen LogP contribution in [0, 0.1) is 0 Å². The minimum atomic E-state index is -4.90. The summed E-state index contributed by atoms with van der Waals surface area (Å²) in [4.78, 5) is 11.4. The Kier molecular flexibility index (Phi) is 5.87. The van der Waals surface area contributed by atoms with Gasteiger partial charge in [0.05, 0.1) is 23.8 Å². The number of halogens is 6. The standard InChI is InChI=1S/C20H23F6NO3/c1-12(13-7-14(19(21,22)23)9-15(8-13)20(24,25)26)29-11-17(2)5-6-18(10-27-17)4-3-16(28)30-18/h7-9,12,27H,3-6,10-11H2,1-2H3/t12-,17-,18?/m1/s1. The smallest absolute Gasteiger partial charge is 0.416 e. The number of benzene rings is 1. The summed E-state index contributed by atoms with van der Waals surface area (Å²) in [6.07, 6.45) is -8.60. The van der Waals surface area contributed by atoms with Crippen molar-refractivity contribution in [2.24, 2.45) is 0 Å². The van der Waals surface area contributed by atoms with Crippen LogP contribution >= 0.6 is 0 Å². The average molecular weight is 439 g/mol. The lowest BCUT2D eigenvalue weighted by atomic mass is 9.82. The predicted octanol–water partition coefficient (Wildman–Crippen LogP) is 5.02. The van der Waals surface area contributed by atoms with Gasteiger partial charge in [-0.05, 0) is 56.9 Å². The van der Waals surface area contributed by atoms with Crippen LogP contribution in [0.15, 0.2) is 18.2 Å². The summed E-state index contributed by atoms with van der Waals surface area (Å²) < 4.78 is 89.4. The summed E-state index contributed by atoms with van der Waals surface area (Å²) in [6, 6.07) is 1.47. The Balaban J connectivity index is 1.69. The van der Waals surface area contributed by atoms with Crippen LogP contribution in [0.3, 0.4) is 0 Å². The zero-order valence-electron chi connectivity index (χ0n) is 16.5. The van der Waals surface area contributed by atoms with Crippen molar-refractivity contribution in [1.29, 1.82) is 0 Å².